The summed E-state index contributed by atoms with van der Waals surface area (Å²) in [6.07, 6.45) is -0.143. The summed E-state index contributed by atoms with van der Waals surface area (Å²) in [6, 6.07) is 0. The standard InChI is InChI=1S/C13H18N8O3/c1-3-15-10-8-11(17-5-16-10)21(6-18-8)12-9(22)13(2,23)7(24-12)4-19-20-14/h5-7,9,12,22-23H,3-4H2,1-2H3,(H,15,16,17)/t7-,9+,12-,13+/m1/s1. The van der Waals surface area contributed by atoms with Crippen molar-refractivity contribution in [1.29, 1.82) is 0 Å². The SMILES string of the molecule is CCNc1ncnc2c1ncn2[C@@H]1O[C@H](CN=[N+]=[N-])[C@](C)(O)[C@H]1O. The number of anilines is 1. The molecule has 1 aliphatic rings. The molecule has 1 fully saturated rings. The van der Waals surface area contributed by atoms with Gasteiger partial charge in [-0.1, -0.05) is 5.11 Å². The molecular formula is C13H18N8O3. The molecule has 1 aliphatic heterocycles. The van der Waals surface area contributed by atoms with Gasteiger partial charge in [0, 0.05) is 11.5 Å². The van der Waals surface area contributed by atoms with Crippen molar-refractivity contribution in [3.63, 3.8) is 0 Å². The highest BCUT2D eigenvalue weighted by molar-refractivity contribution is 5.82. The predicted molar refractivity (Wildman–Crippen MR) is 84.0 cm³/mol. The first-order chi connectivity index (χ1) is 11.5. The average Bonchev–Trinajstić information content (AvgIpc) is 3.07. The van der Waals surface area contributed by atoms with Gasteiger partial charge >= 0.3 is 0 Å². The van der Waals surface area contributed by atoms with Gasteiger partial charge in [-0.15, -0.1) is 0 Å². The zero-order chi connectivity index (χ0) is 17.3. The van der Waals surface area contributed by atoms with Crippen LogP contribution in [0.3, 0.4) is 0 Å². The van der Waals surface area contributed by atoms with Crippen molar-refractivity contribution in [3.8, 4) is 0 Å². The Bertz CT molecular complexity index is 785. The minimum atomic E-state index is -1.58. The lowest BCUT2D eigenvalue weighted by atomic mass is 9.94. The zero-order valence-electron chi connectivity index (χ0n) is 13.2. The van der Waals surface area contributed by atoms with E-state index in [-0.39, 0.29) is 6.54 Å². The quantitative estimate of drug-likeness (QED) is 0.410. The number of imidazole rings is 1. The number of azide groups is 1. The molecule has 3 heterocycles. The van der Waals surface area contributed by atoms with Gasteiger partial charge in [-0.25, -0.2) is 15.0 Å². The number of nitrogens with one attached hydrogen (secondary N) is 1. The number of fused-ring (bicyclic) bond motifs is 1. The first-order valence-electron chi connectivity index (χ1n) is 7.48. The van der Waals surface area contributed by atoms with Gasteiger partial charge in [0.1, 0.15) is 18.0 Å². The van der Waals surface area contributed by atoms with E-state index in [4.69, 9.17) is 10.3 Å². The zero-order valence-corrected chi connectivity index (χ0v) is 13.2. The maximum Gasteiger partial charge on any atom is 0.167 e. The van der Waals surface area contributed by atoms with Crippen LogP contribution in [0.2, 0.25) is 0 Å². The van der Waals surface area contributed by atoms with E-state index < -0.39 is 24.0 Å². The second-order valence-electron chi connectivity index (χ2n) is 5.68. The van der Waals surface area contributed by atoms with Crippen LogP contribution >= 0.6 is 0 Å². The molecule has 11 nitrogen and oxygen atoms in total. The van der Waals surface area contributed by atoms with Crippen molar-refractivity contribution in [2.24, 2.45) is 5.11 Å². The molecule has 0 aromatic carbocycles. The van der Waals surface area contributed by atoms with Crippen molar-refractivity contribution in [3.05, 3.63) is 23.1 Å². The Kier molecular flexibility index (Phi) is 4.24. The molecule has 0 bridgehead atoms. The van der Waals surface area contributed by atoms with Crippen LogP contribution in [-0.4, -0.2) is 60.6 Å². The number of aliphatic hydroxyl groups excluding tert-OH is 1. The summed E-state index contributed by atoms with van der Waals surface area (Å²) in [7, 11) is 0. The number of rotatable bonds is 5. The molecule has 1 saturated heterocycles. The summed E-state index contributed by atoms with van der Waals surface area (Å²) in [5.74, 6) is 0.575. The van der Waals surface area contributed by atoms with Gasteiger partial charge in [-0.3, -0.25) is 4.57 Å². The van der Waals surface area contributed by atoms with E-state index in [0.29, 0.717) is 23.5 Å². The van der Waals surface area contributed by atoms with E-state index in [0.717, 1.165) is 0 Å². The number of ether oxygens (including phenoxy) is 1. The fourth-order valence-corrected chi connectivity index (χ4v) is 2.75. The van der Waals surface area contributed by atoms with E-state index in [1.165, 1.54) is 24.1 Å². The largest absolute Gasteiger partial charge is 0.385 e. The number of nitrogens with zero attached hydrogens (tertiary/aromatic N) is 7. The molecule has 0 spiro atoms. The molecule has 11 heteroatoms. The molecule has 2 aromatic rings. The van der Waals surface area contributed by atoms with Crippen LogP contribution < -0.4 is 5.32 Å². The molecule has 0 aliphatic carbocycles. The molecule has 0 unspecified atom stereocenters. The summed E-state index contributed by atoms with van der Waals surface area (Å²) < 4.78 is 7.26. The maximum atomic E-state index is 10.5. The molecule has 128 valence electrons. The van der Waals surface area contributed by atoms with Crippen molar-refractivity contribution in [2.75, 3.05) is 18.4 Å². The first-order valence-corrected chi connectivity index (χ1v) is 7.48. The highest BCUT2D eigenvalue weighted by Crippen LogP contribution is 2.38. The Labute approximate surface area is 136 Å². The third-order valence-corrected chi connectivity index (χ3v) is 4.11. The number of aliphatic hydroxyl groups is 2. The summed E-state index contributed by atoms with van der Waals surface area (Å²) in [5, 5.41) is 27.5. The summed E-state index contributed by atoms with van der Waals surface area (Å²) in [4.78, 5) is 15.3. The molecule has 0 amide bonds. The molecule has 0 saturated carbocycles. The Morgan fingerprint density at radius 2 is 2.29 bits per heavy atom. The van der Waals surface area contributed by atoms with E-state index in [2.05, 4.69) is 30.3 Å². The van der Waals surface area contributed by atoms with Crippen molar-refractivity contribution in [2.45, 2.75) is 37.9 Å². The molecule has 0 radical (unpaired) electrons. The lowest BCUT2D eigenvalue weighted by molar-refractivity contribution is -0.0600. The molecular weight excluding hydrogens is 316 g/mol. The second-order valence-corrected chi connectivity index (χ2v) is 5.68. The van der Waals surface area contributed by atoms with Crippen LogP contribution in [0.15, 0.2) is 17.8 Å². The lowest BCUT2D eigenvalue weighted by Gasteiger charge is -2.25. The number of hydrogen-bond donors (Lipinski definition) is 3. The fourth-order valence-electron chi connectivity index (χ4n) is 2.75. The third-order valence-electron chi connectivity index (χ3n) is 4.11. The summed E-state index contributed by atoms with van der Waals surface area (Å²) in [6.45, 7) is 3.95. The Balaban J connectivity index is 1.99. The monoisotopic (exact) mass is 334 g/mol. The fraction of sp³-hybridized carbons (Fsp3) is 0.615. The smallest absolute Gasteiger partial charge is 0.167 e. The van der Waals surface area contributed by atoms with Crippen molar-refractivity contribution in [1.82, 2.24) is 19.5 Å². The van der Waals surface area contributed by atoms with Crippen molar-refractivity contribution < 1.29 is 14.9 Å². The van der Waals surface area contributed by atoms with Crippen LogP contribution in [0.4, 0.5) is 5.82 Å². The minimum absolute atomic E-state index is 0.0959. The van der Waals surface area contributed by atoms with Gasteiger partial charge in [0.2, 0.25) is 0 Å². The Hall–Kier alpha value is -2.46. The minimum Gasteiger partial charge on any atom is -0.385 e. The molecule has 24 heavy (non-hydrogen) atoms. The predicted octanol–water partition coefficient (Wildman–Crippen LogP) is 0.578. The lowest BCUT2D eigenvalue weighted by Crippen LogP contribution is -2.45. The first kappa shape index (κ1) is 16.4. The van der Waals surface area contributed by atoms with Gasteiger partial charge < -0.3 is 20.3 Å². The molecule has 2 aromatic heterocycles. The highest BCUT2D eigenvalue weighted by Gasteiger charge is 2.52. The Morgan fingerprint density at radius 3 is 3.00 bits per heavy atom. The van der Waals surface area contributed by atoms with Crippen LogP contribution in [0.5, 0.6) is 0 Å². The van der Waals surface area contributed by atoms with Gasteiger partial charge in [-0.05, 0) is 19.4 Å². The normalized spacial score (nSPS) is 29.6. The van der Waals surface area contributed by atoms with Gasteiger partial charge in [0.05, 0.1) is 19.0 Å². The van der Waals surface area contributed by atoms with E-state index in [1.807, 2.05) is 6.92 Å². The van der Waals surface area contributed by atoms with Crippen LogP contribution in [-0.2, 0) is 4.74 Å². The van der Waals surface area contributed by atoms with E-state index >= 15 is 0 Å². The Morgan fingerprint density at radius 1 is 1.50 bits per heavy atom. The maximum absolute atomic E-state index is 10.5. The van der Waals surface area contributed by atoms with Crippen molar-refractivity contribution >= 4 is 17.0 Å². The number of hydrogen-bond acceptors (Lipinski definition) is 8. The summed E-state index contributed by atoms with van der Waals surface area (Å²) >= 11 is 0. The topological polar surface area (TPSA) is 154 Å². The van der Waals surface area contributed by atoms with Crippen LogP contribution in [0, 0.1) is 0 Å². The summed E-state index contributed by atoms with van der Waals surface area (Å²) in [5.41, 5.74) is 7.88. The molecule has 4 atom stereocenters. The van der Waals surface area contributed by atoms with Gasteiger partial charge in [0.15, 0.2) is 23.2 Å². The highest BCUT2D eigenvalue weighted by atomic mass is 16.6. The molecule has 3 rings (SSSR count). The van der Waals surface area contributed by atoms with Gasteiger partial charge in [0.25, 0.3) is 0 Å². The number of aromatic nitrogens is 4. The average molecular weight is 334 g/mol. The van der Waals surface area contributed by atoms with E-state index in [9.17, 15) is 10.2 Å². The van der Waals surface area contributed by atoms with Crippen LogP contribution in [0.25, 0.3) is 21.6 Å². The molecule has 3 N–H and O–H groups in total. The second kappa shape index (κ2) is 6.21. The third kappa shape index (κ3) is 2.53. The van der Waals surface area contributed by atoms with Gasteiger partial charge in [-0.2, -0.15) is 0 Å². The van der Waals surface area contributed by atoms with Crippen LogP contribution in [0.1, 0.15) is 20.1 Å². The van der Waals surface area contributed by atoms with E-state index in [1.54, 1.807) is 0 Å².